The third-order valence-corrected chi connectivity index (χ3v) is 4.68. The van der Waals surface area contributed by atoms with Crippen molar-refractivity contribution in [2.45, 2.75) is 20.4 Å². The first-order chi connectivity index (χ1) is 13.4. The monoisotopic (exact) mass is 376 g/mol. The molecular weight excluding hydrogens is 356 g/mol. The molecule has 1 aliphatic heterocycles. The van der Waals surface area contributed by atoms with Gasteiger partial charge in [0.25, 0.3) is 17.7 Å². The normalized spacial score (nSPS) is 13.5. The minimum absolute atomic E-state index is 0.175. The molecule has 0 unspecified atom stereocenters. The SMILES string of the molecule is CC(C)CN1C(=O)c2ccc(C(=O)NCc3cc4ccccc4o3)cc2C1=O. The van der Waals surface area contributed by atoms with Gasteiger partial charge in [0.05, 0.1) is 17.7 Å². The van der Waals surface area contributed by atoms with E-state index in [4.69, 9.17) is 4.42 Å². The van der Waals surface area contributed by atoms with Crippen molar-refractivity contribution in [1.29, 1.82) is 0 Å². The van der Waals surface area contributed by atoms with Crippen LogP contribution >= 0.6 is 0 Å². The number of amides is 3. The van der Waals surface area contributed by atoms with E-state index in [0.29, 0.717) is 23.4 Å². The summed E-state index contributed by atoms with van der Waals surface area (Å²) in [5.74, 6) is -0.159. The third kappa shape index (κ3) is 3.17. The lowest BCUT2D eigenvalue weighted by atomic mass is 10.1. The van der Waals surface area contributed by atoms with Crippen LogP contribution in [0.1, 0.15) is 50.7 Å². The van der Waals surface area contributed by atoms with Gasteiger partial charge in [-0.05, 0) is 36.2 Å². The highest BCUT2D eigenvalue weighted by atomic mass is 16.3. The molecule has 0 bridgehead atoms. The summed E-state index contributed by atoms with van der Waals surface area (Å²) < 4.78 is 5.69. The van der Waals surface area contributed by atoms with Crippen LogP contribution in [0, 0.1) is 5.92 Å². The number of hydrogen-bond donors (Lipinski definition) is 1. The Labute approximate surface area is 162 Å². The molecule has 0 spiro atoms. The zero-order valence-electron chi connectivity index (χ0n) is 15.7. The molecule has 1 aliphatic rings. The number of para-hydroxylation sites is 1. The zero-order chi connectivity index (χ0) is 19.8. The minimum Gasteiger partial charge on any atom is -0.459 e. The largest absolute Gasteiger partial charge is 0.459 e. The fraction of sp³-hybridized carbons (Fsp3) is 0.227. The van der Waals surface area contributed by atoms with Crippen molar-refractivity contribution in [2.24, 2.45) is 5.92 Å². The van der Waals surface area contributed by atoms with Crippen LogP contribution in [-0.2, 0) is 6.54 Å². The Morgan fingerprint density at radius 3 is 2.54 bits per heavy atom. The molecule has 0 saturated carbocycles. The Morgan fingerprint density at radius 1 is 1.04 bits per heavy atom. The number of fused-ring (bicyclic) bond motifs is 2. The summed E-state index contributed by atoms with van der Waals surface area (Å²) in [6, 6.07) is 14.1. The standard InChI is InChI=1S/C22H20N2O4/c1-13(2)12-24-21(26)17-8-7-15(10-18(17)22(24)27)20(25)23-11-16-9-14-5-3-4-6-19(14)28-16/h3-10,13H,11-12H2,1-2H3,(H,23,25). The lowest BCUT2D eigenvalue weighted by Gasteiger charge is -2.15. The smallest absolute Gasteiger partial charge is 0.261 e. The number of imide groups is 1. The van der Waals surface area contributed by atoms with Crippen LogP contribution in [-0.4, -0.2) is 29.2 Å². The molecule has 0 radical (unpaired) electrons. The van der Waals surface area contributed by atoms with Crippen molar-refractivity contribution in [2.75, 3.05) is 6.54 Å². The van der Waals surface area contributed by atoms with Crippen LogP contribution in [0.5, 0.6) is 0 Å². The number of furan rings is 1. The highest BCUT2D eigenvalue weighted by molar-refractivity contribution is 6.22. The van der Waals surface area contributed by atoms with Gasteiger partial charge in [-0.25, -0.2) is 0 Å². The molecule has 142 valence electrons. The number of benzene rings is 2. The Morgan fingerprint density at radius 2 is 1.79 bits per heavy atom. The molecule has 6 nitrogen and oxygen atoms in total. The van der Waals surface area contributed by atoms with Crippen molar-refractivity contribution in [3.8, 4) is 0 Å². The van der Waals surface area contributed by atoms with Crippen molar-refractivity contribution in [3.05, 3.63) is 71.0 Å². The van der Waals surface area contributed by atoms with Crippen LogP contribution in [0.2, 0.25) is 0 Å². The molecular formula is C22H20N2O4. The first kappa shape index (κ1) is 18.0. The van der Waals surface area contributed by atoms with Crippen LogP contribution in [0.4, 0.5) is 0 Å². The molecule has 4 rings (SSSR count). The summed E-state index contributed by atoms with van der Waals surface area (Å²) in [5, 5.41) is 3.77. The van der Waals surface area contributed by atoms with E-state index in [0.717, 1.165) is 11.0 Å². The van der Waals surface area contributed by atoms with Gasteiger partial charge in [0.1, 0.15) is 11.3 Å². The average molecular weight is 376 g/mol. The highest BCUT2D eigenvalue weighted by Gasteiger charge is 2.36. The van der Waals surface area contributed by atoms with E-state index in [1.165, 1.54) is 11.0 Å². The fourth-order valence-corrected chi connectivity index (χ4v) is 3.36. The van der Waals surface area contributed by atoms with Crippen LogP contribution in [0.25, 0.3) is 11.0 Å². The molecule has 2 heterocycles. The molecule has 28 heavy (non-hydrogen) atoms. The number of nitrogens with zero attached hydrogens (tertiary/aromatic N) is 1. The number of rotatable bonds is 5. The van der Waals surface area contributed by atoms with Crippen molar-refractivity contribution < 1.29 is 18.8 Å². The molecule has 3 amide bonds. The molecule has 0 fully saturated rings. The summed E-state index contributed by atoms with van der Waals surface area (Å²) in [7, 11) is 0. The Bertz CT molecular complexity index is 1060. The van der Waals surface area contributed by atoms with Gasteiger partial charge >= 0.3 is 0 Å². The molecule has 6 heteroatoms. The van der Waals surface area contributed by atoms with Gasteiger partial charge in [0.15, 0.2) is 0 Å². The Balaban J connectivity index is 1.50. The van der Waals surface area contributed by atoms with Crippen molar-refractivity contribution >= 4 is 28.7 Å². The van der Waals surface area contributed by atoms with Crippen molar-refractivity contribution in [3.63, 3.8) is 0 Å². The predicted octanol–water partition coefficient (Wildman–Crippen LogP) is 3.61. The topological polar surface area (TPSA) is 79.6 Å². The van der Waals surface area contributed by atoms with E-state index in [9.17, 15) is 14.4 Å². The summed E-state index contributed by atoms with van der Waals surface area (Å²) >= 11 is 0. The van der Waals surface area contributed by atoms with E-state index < -0.39 is 0 Å². The second kappa shape index (κ2) is 6.96. The quantitative estimate of drug-likeness (QED) is 0.690. The third-order valence-electron chi connectivity index (χ3n) is 4.68. The van der Waals surface area contributed by atoms with Gasteiger partial charge in [-0.15, -0.1) is 0 Å². The maximum absolute atomic E-state index is 12.6. The summed E-state index contributed by atoms with van der Waals surface area (Å²) in [6.07, 6.45) is 0. The number of hydrogen-bond acceptors (Lipinski definition) is 4. The molecule has 1 aromatic heterocycles. The van der Waals surface area contributed by atoms with Crippen LogP contribution < -0.4 is 5.32 Å². The first-order valence-corrected chi connectivity index (χ1v) is 9.20. The summed E-state index contributed by atoms with van der Waals surface area (Å²) in [5.41, 5.74) is 1.72. The van der Waals surface area contributed by atoms with Crippen LogP contribution in [0.15, 0.2) is 52.9 Å². The molecule has 0 aliphatic carbocycles. The average Bonchev–Trinajstić information content (AvgIpc) is 3.20. The van der Waals surface area contributed by atoms with E-state index in [1.54, 1.807) is 12.1 Å². The number of nitrogens with one attached hydrogen (secondary N) is 1. The van der Waals surface area contributed by atoms with E-state index in [2.05, 4.69) is 5.32 Å². The molecule has 0 atom stereocenters. The second-order valence-corrected chi connectivity index (χ2v) is 7.31. The Hall–Kier alpha value is -3.41. The maximum Gasteiger partial charge on any atom is 0.261 e. The maximum atomic E-state index is 12.6. The van der Waals surface area contributed by atoms with E-state index in [1.807, 2.05) is 44.2 Å². The van der Waals surface area contributed by atoms with Gasteiger partial charge in [0.2, 0.25) is 0 Å². The summed E-state index contributed by atoms with van der Waals surface area (Å²) in [6.45, 7) is 4.48. The van der Waals surface area contributed by atoms with Gasteiger partial charge in [0, 0.05) is 17.5 Å². The fourth-order valence-electron chi connectivity index (χ4n) is 3.36. The lowest BCUT2D eigenvalue weighted by molar-refractivity contribution is 0.0636. The van der Waals surface area contributed by atoms with E-state index in [-0.39, 0.29) is 35.7 Å². The molecule has 2 aromatic carbocycles. The van der Waals surface area contributed by atoms with Gasteiger partial charge in [-0.2, -0.15) is 0 Å². The minimum atomic E-state index is -0.347. The van der Waals surface area contributed by atoms with Gasteiger partial charge < -0.3 is 9.73 Å². The second-order valence-electron chi connectivity index (χ2n) is 7.31. The van der Waals surface area contributed by atoms with Gasteiger partial charge in [-0.1, -0.05) is 32.0 Å². The van der Waals surface area contributed by atoms with Gasteiger partial charge in [-0.3, -0.25) is 19.3 Å². The molecule has 0 saturated heterocycles. The lowest BCUT2D eigenvalue weighted by Crippen LogP contribution is -2.33. The number of carbonyl (C=O) groups is 3. The zero-order valence-corrected chi connectivity index (χ0v) is 15.7. The van der Waals surface area contributed by atoms with E-state index >= 15 is 0 Å². The highest BCUT2D eigenvalue weighted by Crippen LogP contribution is 2.25. The number of carbonyl (C=O) groups excluding carboxylic acids is 3. The summed E-state index contributed by atoms with van der Waals surface area (Å²) in [4.78, 5) is 38.7. The Kier molecular flexibility index (Phi) is 4.47. The molecule has 3 aromatic rings. The molecule has 1 N–H and O–H groups in total. The van der Waals surface area contributed by atoms with Crippen LogP contribution in [0.3, 0.4) is 0 Å². The van der Waals surface area contributed by atoms with Crippen molar-refractivity contribution in [1.82, 2.24) is 10.2 Å². The first-order valence-electron chi connectivity index (χ1n) is 9.20. The predicted molar refractivity (Wildman–Crippen MR) is 104 cm³/mol.